The molecule has 0 fully saturated rings. The maximum atomic E-state index is 12.4. The van der Waals surface area contributed by atoms with Gasteiger partial charge < -0.3 is 4.74 Å². The van der Waals surface area contributed by atoms with Crippen LogP contribution < -0.4 is 0 Å². The molecule has 20 heavy (non-hydrogen) atoms. The molecule has 1 aliphatic rings. The summed E-state index contributed by atoms with van der Waals surface area (Å²) >= 11 is 5.78. The van der Waals surface area contributed by atoms with Gasteiger partial charge in [0.2, 0.25) is 0 Å². The molecule has 4 nitrogen and oxygen atoms in total. The van der Waals surface area contributed by atoms with E-state index in [1.54, 1.807) is 30.3 Å². The minimum Gasteiger partial charge on any atom is -0.386 e. The fourth-order valence-electron chi connectivity index (χ4n) is 1.87. The Labute approximate surface area is 121 Å². The Bertz CT molecular complexity index is 752. The number of esters is 2. The van der Waals surface area contributed by atoms with Crippen LogP contribution >= 0.6 is 11.6 Å². The van der Waals surface area contributed by atoms with Crippen molar-refractivity contribution in [1.82, 2.24) is 0 Å². The van der Waals surface area contributed by atoms with Crippen molar-refractivity contribution in [2.24, 2.45) is 0 Å². The first-order valence-corrected chi connectivity index (χ1v) is 7.17. The highest BCUT2D eigenvalue weighted by molar-refractivity contribution is 7.85. The molecule has 2 aromatic carbocycles. The standard InChI is InChI=1S/C14H7ClO4S/c15-8-1-3-9(4-2-8)20(18)10-5-6-11-12(7-10)14(17)19-13(11)16/h1-7H. The first-order chi connectivity index (χ1) is 9.56. The number of benzene rings is 2. The molecule has 1 unspecified atom stereocenters. The van der Waals surface area contributed by atoms with Gasteiger partial charge in [-0.25, -0.2) is 13.8 Å². The average molecular weight is 307 g/mol. The predicted molar refractivity (Wildman–Crippen MR) is 72.3 cm³/mol. The molecule has 0 amide bonds. The van der Waals surface area contributed by atoms with E-state index in [1.807, 2.05) is 0 Å². The van der Waals surface area contributed by atoms with Crippen LogP contribution in [0.4, 0.5) is 0 Å². The van der Waals surface area contributed by atoms with Gasteiger partial charge in [-0.2, -0.15) is 0 Å². The second-order valence-corrected chi connectivity index (χ2v) is 6.02. The van der Waals surface area contributed by atoms with Gasteiger partial charge >= 0.3 is 11.9 Å². The van der Waals surface area contributed by atoms with Crippen molar-refractivity contribution in [1.29, 1.82) is 0 Å². The second kappa shape index (κ2) is 4.85. The lowest BCUT2D eigenvalue weighted by Crippen LogP contribution is -1.98. The largest absolute Gasteiger partial charge is 0.386 e. The Morgan fingerprint density at radius 1 is 0.850 bits per heavy atom. The molecule has 2 aromatic rings. The van der Waals surface area contributed by atoms with Gasteiger partial charge in [0, 0.05) is 14.8 Å². The van der Waals surface area contributed by atoms with E-state index in [1.165, 1.54) is 12.1 Å². The number of hydrogen-bond acceptors (Lipinski definition) is 4. The van der Waals surface area contributed by atoms with Gasteiger partial charge in [-0.1, -0.05) is 11.6 Å². The fourth-order valence-corrected chi connectivity index (χ4v) is 3.07. The summed E-state index contributed by atoms with van der Waals surface area (Å²) in [4.78, 5) is 23.8. The third kappa shape index (κ3) is 2.15. The summed E-state index contributed by atoms with van der Waals surface area (Å²) in [5.74, 6) is -1.38. The quantitative estimate of drug-likeness (QED) is 0.632. The van der Waals surface area contributed by atoms with Crippen molar-refractivity contribution in [2.45, 2.75) is 9.79 Å². The summed E-state index contributed by atoms with van der Waals surface area (Å²) < 4.78 is 16.9. The molecule has 0 N–H and O–H groups in total. The molecule has 0 saturated carbocycles. The Morgan fingerprint density at radius 2 is 1.45 bits per heavy atom. The van der Waals surface area contributed by atoms with Crippen LogP contribution in [0.1, 0.15) is 20.7 Å². The number of carbonyl (C=O) groups is 2. The molecule has 0 aromatic heterocycles. The summed E-state index contributed by atoms with van der Waals surface area (Å²) in [6.07, 6.45) is 0. The monoisotopic (exact) mass is 306 g/mol. The molecule has 0 bridgehead atoms. The van der Waals surface area contributed by atoms with Gasteiger partial charge in [0.15, 0.2) is 0 Å². The number of fused-ring (bicyclic) bond motifs is 1. The van der Waals surface area contributed by atoms with Crippen LogP contribution in [0.25, 0.3) is 0 Å². The van der Waals surface area contributed by atoms with E-state index in [0.29, 0.717) is 14.8 Å². The molecule has 1 atom stereocenters. The molecule has 100 valence electrons. The van der Waals surface area contributed by atoms with E-state index in [2.05, 4.69) is 4.74 Å². The Kier molecular flexibility index (Phi) is 3.16. The van der Waals surface area contributed by atoms with Crippen molar-refractivity contribution >= 4 is 34.3 Å². The number of ether oxygens (including phenoxy) is 1. The van der Waals surface area contributed by atoms with E-state index in [0.717, 1.165) is 0 Å². The van der Waals surface area contributed by atoms with Crippen LogP contribution in [0, 0.1) is 0 Å². The zero-order valence-corrected chi connectivity index (χ0v) is 11.5. The molecule has 1 aliphatic heterocycles. The zero-order valence-electron chi connectivity index (χ0n) is 9.96. The molecule has 0 saturated heterocycles. The van der Waals surface area contributed by atoms with Crippen molar-refractivity contribution in [3.8, 4) is 0 Å². The fraction of sp³-hybridized carbons (Fsp3) is 0. The predicted octanol–water partition coefficient (Wildman–Crippen LogP) is 2.82. The molecule has 0 radical (unpaired) electrons. The molecule has 3 rings (SSSR count). The minimum atomic E-state index is -1.45. The SMILES string of the molecule is O=C1OC(=O)c2cc(S(=O)c3ccc(Cl)cc3)ccc21. The van der Waals surface area contributed by atoms with E-state index in [-0.39, 0.29) is 11.1 Å². The van der Waals surface area contributed by atoms with Gasteiger partial charge in [0.05, 0.1) is 21.9 Å². The van der Waals surface area contributed by atoms with Crippen molar-refractivity contribution < 1.29 is 18.5 Å². The van der Waals surface area contributed by atoms with E-state index < -0.39 is 22.7 Å². The number of hydrogen-bond donors (Lipinski definition) is 0. The lowest BCUT2D eigenvalue weighted by Gasteiger charge is -2.03. The topological polar surface area (TPSA) is 60.4 Å². The highest BCUT2D eigenvalue weighted by Gasteiger charge is 2.30. The number of halogens is 1. The average Bonchev–Trinajstić information content (AvgIpc) is 2.74. The molecular formula is C14H7ClO4S. The smallest absolute Gasteiger partial charge is 0.346 e. The summed E-state index contributed by atoms with van der Waals surface area (Å²) in [5, 5.41) is 0.550. The Hall–Kier alpha value is -1.98. The first kappa shape index (κ1) is 13.0. The highest BCUT2D eigenvalue weighted by atomic mass is 35.5. The van der Waals surface area contributed by atoms with Gasteiger partial charge in [0.1, 0.15) is 0 Å². The summed E-state index contributed by atoms with van der Waals surface area (Å²) in [5.41, 5.74) is 0.349. The molecule has 0 spiro atoms. The minimum absolute atomic E-state index is 0.148. The molecule has 0 aliphatic carbocycles. The van der Waals surface area contributed by atoms with Crippen LogP contribution in [-0.2, 0) is 15.5 Å². The van der Waals surface area contributed by atoms with Crippen LogP contribution in [0.5, 0.6) is 0 Å². The third-order valence-corrected chi connectivity index (χ3v) is 4.49. The van der Waals surface area contributed by atoms with Crippen LogP contribution in [0.2, 0.25) is 5.02 Å². The van der Waals surface area contributed by atoms with Crippen molar-refractivity contribution in [3.63, 3.8) is 0 Å². The van der Waals surface area contributed by atoms with Crippen LogP contribution in [0.3, 0.4) is 0 Å². The number of rotatable bonds is 2. The number of cyclic esters (lactones) is 2. The lowest BCUT2D eigenvalue weighted by atomic mass is 10.1. The normalized spacial score (nSPS) is 14.8. The third-order valence-electron chi connectivity index (χ3n) is 2.86. The van der Waals surface area contributed by atoms with E-state index in [4.69, 9.17) is 11.6 Å². The number of carbonyl (C=O) groups excluding carboxylic acids is 2. The second-order valence-electron chi connectivity index (χ2n) is 4.11. The van der Waals surface area contributed by atoms with Gasteiger partial charge in [0.25, 0.3) is 0 Å². The summed E-state index contributed by atoms with van der Waals surface area (Å²) in [6, 6.07) is 11.0. The Morgan fingerprint density at radius 3 is 2.15 bits per heavy atom. The van der Waals surface area contributed by atoms with Gasteiger partial charge in [-0.05, 0) is 42.5 Å². The lowest BCUT2D eigenvalue weighted by molar-refractivity contribution is 0.0444. The van der Waals surface area contributed by atoms with Crippen molar-refractivity contribution in [3.05, 3.63) is 58.6 Å². The van der Waals surface area contributed by atoms with E-state index in [9.17, 15) is 13.8 Å². The summed E-state index contributed by atoms with van der Waals surface area (Å²) in [7, 11) is -1.45. The molecule has 1 heterocycles. The van der Waals surface area contributed by atoms with Gasteiger partial charge in [-0.15, -0.1) is 0 Å². The maximum absolute atomic E-state index is 12.4. The first-order valence-electron chi connectivity index (χ1n) is 5.64. The maximum Gasteiger partial charge on any atom is 0.346 e. The van der Waals surface area contributed by atoms with E-state index >= 15 is 0 Å². The summed E-state index contributed by atoms with van der Waals surface area (Å²) in [6.45, 7) is 0. The Balaban J connectivity index is 2.02. The van der Waals surface area contributed by atoms with Crippen molar-refractivity contribution in [2.75, 3.05) is 0 Å². The van der Waals surface area contributed by atoms with Crippen LogP contribution in [-0.4, -0.2) is 16.1 Å². The zero-order chi connectivity index (χ0) is 14.3. The molecular weight excluding hydrogens is 300 g/mol. The van der Waals surface area contributed by atoms with Crippen LogP contribution in [0.15, 0.2) is 52.3 Å². The highest BCUT2D eigenvalue weighted by Crippen LogP contribution is 2.25. The molecule has 6 heteroatoms. The van der Waals surface area contributed by atoms with Gasteiger partial charge in [-0.3, -0.25) is 0 Å².